The number of ether oxygens (including phenoxy) is 2. The Kier molecular flexibility index (Phi) is 6.92. The number of ketones is 2. The molecule has 3 fully saturated rings. The number of amides is 1. The molecule has 5 aliphatic carbocycles. The van der Waals surface area contributed by atoms with Crippen molar-refractivity contribution in [3.63, 3.8) is 0 Å². The molecule has 0 aromatic carbocycles. The van der Waals surface area contributed by atoms with Gasteiger partial charge < -0.3 is 14.8 Å². The topological polar surface area (TPSA) is 123 Å². The molecular formula is C34H46N2O6. The molecule has 0 spiro atoms. The van der Waals surface area contributed by atoms with E-state index < -0.39 is 33.8 Å². The fourth-order valence-corrected chi connectivity index (χ4v) is 10.4. The predicted octanol–water partition coefficient (Wildman–Crippen LogP) is 5.86. The van der Waals surface area contributed by atoms with Gasteiger partial charge in [0.1, 0.15) is 12.7 Å². The molecule has 3 saturated carbocycles. The summed E-state index contributed by atoms with van der Waals surface area (Å²) >= 11 is 0. The van der Waals surface area contributed by atoms with Gasteiger partial charge in [-0.15, -0.1) is 0 Å². The van der Waals surface area contributed by atoms with Gasteiger partial charge in [0.15, 0.2) is 11.6 Å². The summed E-state index contributed by atoms with van der Waals surface area (Å²) in [6, 6.07) is 2.12. The van der Waals surface area contributed by atoms with Crippen molar-refractivity contribution < 1.29 is 28.7 Å². The maximum absolute atomic E-state index is 14.6. The third-order valence-electron chi connectivity index (χ3n) is 12.8. The van der Waals surface area contributed by atoms with Gasteiger partial charge in [-0.1, -0.05) is 46.3 Å². The Hall–Kier alpha value is -2.95. The van der Waals surface area contributed by atoms with Crippen molar-refractivity contribution in [1.82, 2.24) is 5.32 Å². The first kappa shape index (κ1) is 30.5. The second kappa shape index (κ2) is 9.53. The molecule has 228 valence electrons. The number of methoxy groups -OCH3 is 1. The Morgan fingerprint density at radius 3 is 2.33 bits per heavy atom. The third kappa shape index (κ3) is 4.05. The Balaban J connectivity index is 1.66. The van der Waals surface area contributed by atoms with Crippen molar-refractivity contribution >= 4 is 23.6 Å². The van der Waals surface area contributed by atoms with E-state index in [-0.39, 0.29) is 52.3 Å². The van der Waals surface area contributed by atoms with Crippen molar-refractivity contribution in [3.05, 3.63) is 23.3 Å². The van der Waals surface area contributed by atoms with Gasteiger partial charge in [-0.3, -0.25) is 14.4 Å². The highest BCUT2D eigenvalue weighted by Gasteiger charge is 2.70. The van der Waals surface area contributed by atoms with Gasteiger partial charge in [-0.05, 0) is 86.0 Å². The minimum atomic E-state index is -1.08. The SMILES string of the molecule is COC(=O)N[C@]12CCC(C)(C)CC1C1C(=O)C=C3[C@@]4(C)C=C(C#N)C(=O)[C@@](C)(COC(C)=O)C4CC[C@@]3(C)[C@]1(C)CC2. The molecule has 8 atom stereocenters. The predicted molar refractivity (Wildman–Crippen MR) is 156 cm³/mol. The molecule has 0 aromatic heterocycles. The number of fused-ring (bicyclic) bond motifs is 7. The first-order valence-corrected chi connectivity index (χ1v) is 15.4. The Bertz CT molecular complexity index is 1360. The van der Waals surface area contributed by atoms with Crippen LogP contribution in [0.3, 0.4) is 0 Å². The third-order valence-corrected chi connectivity index (χ3v) is 12.8. The molecule has 0 aliphatic heterocycles. The van der Waals surface area contributed by atoms with Crippen LogP contribution < -0.4 is 5.32 Å². The number of hydrogen-bond acceptors (Lipinski definition) is 7. The summed E-state index contributed by atoms with van der Waals surface area (Å²) in [5.74, 6) is -1.27. The van der Waals surface area contributed by atoms with Gasteiger partial charge in [0.2, 0.25) is 0 Å². The lowest BCUT2D eigenvalue weighted by molar-refractivity contribution is -0.164. The number of alkyl carbamates (subject to hydrolysis) is 1. The molecule has 3 unspecified atom stereocenters. The van der Waals surface area contributed by atoms with Crippen molar-refractivity contribution in [3.8, 4) is 6.07 Å². The van der Waals surface area contributed by atoms with Crippen molar-refractivity contribution in [2.75, 3.05) is 13.7 Å². The summed E-state index contributed by atoms with van der Waals surface area (Å²) in [7, 11) is 1.38. The number of nitrogens with zero attached hydrogens (tertiary/aromatic N) is 1. The van der Waals surface area contributed by atoms with Crippen LogP contribution in [-0.2, 0) is 23.9 Å². The minimum Gasteiger partial charge on any atom is -0.465 e. The van der Waals surface area contributed by atoms with Crippen LogP contribution >= 0.6 is 0 Å². The van der Waals surface area contributed by atoms with E-state index >= 15 is 0 Å². The second-order valence-electron chi connectivity index (χ2n) is 15.5. The van der Waals surface area contributed by atoms with E-state index in [0.29, 0.717) is 6.42 Å². The molecule has 0 aromatic rings. The number of hydrogen-bond donors (Lipinski definition) is 1. The molecule has 0 saturated heterocycles. The van der Waals surface area contributed by atoms with Gasteiger partial charge in [-0.2, -0.15) is 5.26 Å². The lowest BCUT2D eigenvalue weighted by Crippen LogP contribution is -2.69. The van der Waals surface area contributed by atoms with Gasteiger partial charge in [0.05, 0.1) is 18.1 Å². The lowest BCUT2D eigenvalue weighted by Gasteiger charge is -2.69. The van der Waals surface area contributed by atoms with E-state index in [9.17, 15) is 24.4 Å². The molecule has 8 nitrogen and oxygen atoms in total. The molecule has 42 heavy (non-hydrogen) atoms. The molecular weight excluding hydrogens is 532 g/mol. The maximum Gasteiger partial charge on any atom is 0.407 e. The summed E-state index contributed by atoms with van der Waals surface area (Å²) < 4.78 is 10.5. The molecule has 1 N–H and O–H groups in total. The fourth-order valence-electron chi connectivity index (χ4n) is 10.4. The highest BCUT2D eigenvalue weighted by Crippen LogP contribution is 2.73. The first-order chi connectivity index (χ1) is 19.4. The number of rotatable bonds is 3. The zero-order valence-corrected chi connectivity index (χ0v) is 26.4. The minimum absolute atomic E-state index is 0.0335. The average molecular weight is 579 g/mol. The van der Waals surface area contributed by atoms with Gasteiger partial charge >= 0.3 is 12.1 Å². The second-order valence-corrected chi connectivity index (χ2v) is 15.5. The number of carbonyl (C=O) groups is 4. The smallest absolute Gasteiger partial charge is 0.407 e. The van der Waals surface area contributed by atoms with Crippen LogP contribution in [0.25, 0.3) is 0 Å². The largest absolute Gasteiger partial charge is 0.465 e. The number of Topliss-reactive ketones (excluding diaryl/α,β-unsaturated/α-hetero) is 1. The first-order valence-electron chi connectivity index (χ1n) is 15.4. The highest BCUT2D eigenvalue weighted by atomic mass is 16.5. The molecule has 5 rings (SSSR count). The monoisotopic (exact) mass is 578 g/mol. The quantitative estimate of drug-likeness (QED) is 0.416. The summed E-state index contributed by atoms with van der Waals surface area (Å²) in [4.78, 5) is 52.6. The highest BCUT2D eigenvalue weighted by molar-refractivity contribution is 6.05. The lowest BCUT2D eigenvalue weighted by atomic mass is 9.35. The normalized spacial score (nSPS) is 43.6. The number of allylic oxidation sites excluding steroid dienone is 4. The van der Waals surface area contributed by atoms with Gasteiger partial charge in [0, 0.05) is 23.8 Å². The van der Waals surface area contributed by atoms with E-state index in [4.69, 9.17) is 9.47 Å². The van der Waals surface area contributed by atoms with Gasteiger partial charge in [-0.25, -0.2) is 4.79 Å². The van der Waals surface area contributed by atoms with E-state index in [1.807, 2.05) is 13.0 Å². The maximum atomic E-state index is 14.6. The molecule has 5 aliphatic rings. The summed E-state index contributed by atoms with van der Waals surface area (Å²) in [6.07, 6.45) is 8.76. The van der Waals surface area contributed by atoms with Crippen LogP contribution in [0.4, 0.5) is 4.79 Å². The summed E-state index contributed by atoms with van der Waals surface area (Å²) in [5.41, 5.74) is -2.02. The van der Waals surface area contributed by atoms with Crippen LogP contribution in [0.15, 0.2) is 23.3 Å². The van der Waals surface area contributed by atoms with Crippen LogP contribution in [0, 0.1) is 56.2 Å². The van der Waals surface area contributed by atoms with Crippen LogP contribution in [0.5, 0.6) is 0 Å². The molecule has 1 amide bonds. The number of esters is 1. The summed E-state index contributed by atoms with van der Waals surface area (Å²) in [5, 5.41) is 13.3. The van der Waals surface area contributed by atoms with Crippen molar-refractivity contribution in [2.45, 2.75) is 99.0 Å². The molecule has 0 radical (unpaired) electrons. The molecule has 0 heterocycles. The summed E-state index contributed by atoms with van der Waals surface area (Å²) in [6.45, 7) is 14.1. The van der Waals surface area contributed by atoms with Gasteiger partial charge in [0.25, 0.3) is 0 Å². The van der Waals surface area contributed by atoms with Crippen molar-refractivity contribution in [1.29, 1.82) is 5.26 Å². The average Bonchev–Trinajstić information content (AvgIpc) is 2.91. The number of nitrogens with one attached hydrogen (secondary N) is 1. The van der Waals surface area contributed by atoms with Crippen molar-refractivity contribution in [2.24, 2.45) is 44.8 Å². The number of carbonyl (C=O) groups excluding carboxylic acids is 4. The number of nitriles is 1. The zero-order chi connectivity index (χ0) is 31.1. The van der Waals surface area contributed by atoms with E-state index in [0.717, 1.165) is 44.1 Å². The zero-order valence-electron chi connectivity index (χ0n) is 26.4. The Morgan fingerprint density at radius 2 is 1.71 bits per heavy atom. The van der Waals surface area contributed by atoms with E-state index in [1.165, 1.54) is 14.0 Å². The molecule has 8 heteroatoms. The fraction of sp³-hybridized carbons (Fsp3) is 0.735. The van der Waals surface area contributed by atoms with E-state index in [2.05, 4.69) is 46.0 Å². The standard InChI is InChI=1S/C34H46N2O6/c1-20(37)42-19-31(5)24-9-10-32(6)25(30(24,4)16-21(18-35)27(31)39)15-23(38)26-22-17-29(2,3)11-13-34(22,36-28(40)41-8)14-12-33(26,32)7/h15-16,22,24,26H,9-14,17,19H2,1-8H3,(H,36,40)/t22?,24?,26?,30-,31-,32+,33+,34-/m0/s1. The van der Waals surface area contributed by atoms with Crippen LogP contribution in [0.1, 0.15) is 93.4 Å². The van der Waals surface area contributed by atoms with Crippen LogP contribution in [-0.4, -0.2) is 42.9 Å². The molecule has 0 bridgehead atoms. The Morgan fingerprint density at radius 1 is 1.05 bits per heavy atom. The Labute approximate surface area is 249 Å². The van der Waals surface area contributed by atoms with E-state index in [1.54, 1.807) is 6.08 Å². The van der Waals surface area contributed by atoms with Crippen LogP contribution in [0.2, 0.25) is 0 Å².